The Hall–Kier alpha value is -3.54. The van der Waals surface area contributed by atoms with Gasteiger partial charge in [-0.3, -0.25) is 9.59 Å². The highest BCUT2D eigenvalue weighted by molar-refractivity contribution is 6.07. The lowest BCUT2D eigenvalue weighted by Gasteiger charge is -2.06. The van der Waals surface area contributed by atoms with Crippen LogP contribution >= 0.6 is 0 Å². The van der Waals surface area contributed by atoms with Crippen molar-refractivity contribution in [3.05, 3.63) is 89.8 Å². The number of aryl methyl sites for hydroxylation is 1. The number of nitrogens with one attached hydrogen (secondary N) is 1. The van der Waals surface area contributed by atoms with Crippen molar-refractivity contribution in [2.24, 2.45) is 7.05 Å². The van der Waals surface area contributed by atoms with Crippen molar-refractivity contribution < 1.29 is 14.0 Å². The predicted octanol–water partition coefficient (Wildman–Crippen LogP) is 3.83. The van der Waals surface area contributed by atoms with Gasteiger partial charge in [-0.1, -0.05) is 18.2 Å². The normalized spacial score (nSPS) is 11.3. The second-order valence-electron chi connectivity index (χ2n) is 6.06. The first-order chi connectivity index (χ1) is 13.0. The SMILES string of the molecule is C/C(=C\C(=O)Nc1ccc(C(=O)c2nccn2C)cc1)c1ccccc1F. The average Bonchev–Trinajstić information content (AvgIpc) is 3.08. The number of rotatable bonds is 5. The first kappa shape index (κ1) is 18.3. The molecule has 3 aromatic rings. The molecule has 0 aliphatic heterocycles. The van der Waals surface area contributed by atoms with E-state index >= 15 is 0 Å². The summed E-state index contributed by atoms with van der Waals surface area (Å²) in [5.41, 5.74) is 1.91. The Labute approximate surface area is 156 Å². The van der Waals surface area contributed by atoms with Gasteiger partial charge in [0.25, 0.3) is 0 Å². The first-order valence-electron chi connectivity index (χ1n) is 8.32. The molecule has 0 unspecified atom stereocenters. The number of aromatic nitrogens is 2. The number of imidazole rings is 1. The van der Waals surface area contributed by atoms with Crippen LogP contribution in [0.1, 0.15) is 28.7 Å². The molecule has 0 radical (unpaired) electrons. The fourth-order valence-corrected chi connectivity index (χ4v) is 2.65. The number of nitrogens with zero attached hydrogens (tertiary/aromatic N) is 2. The number of halogens is 1. The number of allylic oxidation sites excluding steroid dienone is 1. The minimum atomic E-state index is -0.379. The summed E-state index contributed by atoms with van der Waals surface area (Å²) < 4.78 is 15.4. The van der Waals surface area contributed by atoms with Crippen LogP contribution in [0.2, 0.25) is 0 Å². The van der Waals surface area contributed by atoms with Crippen LogP contribution in [0.4, 0.5) is 10.1 Å². The molecule has 0 spiro atoms. The summed E-state index contributed by atoms with van der Waals surface area (Å²) in [5.74, 6) is -0.610. The smallest absolute Gasteiger partial charge is 0.248 e. The standard InChI is InChI=1S/C21H18FN3O2/c1-14(17-5-3-4-6-18(17)22)13-19(26)24-16-9-7-15(8-10-16)20(27)21-23-11-12-25(21)2/h3-13H,1-2H3,(H,24,26)/b14-13+. The molecule has 136 valence electrons. The number of carbonyl (C=O) groups is 2. The van der Waals surface area contributed by atoms with Crippen molar-refractivity contribution in [3.8, 4) is 0 Å². The third-order valence-electron chi connectivity index (χ3n) is 4.09. The van der Waals surface area contributed by atoms with E-state index in [1.165, 1.54) is 12.1 Å². The molecule has 1 heterocycles. The zero-order valence-corrected chi connectivity index (χ0v) is 14.9. The fraction of sp³-hybridized carbons (Fsp3) is 0.0952. The van der Waals surface area contributed by atoms with Crippen LogP contribution in [0.3, 0.4) is 0 Å². The van der Waals surface area contributed by atoms with E-state index in [1.54, 1.807) is 73.4 Å². The predicted molar refractivity (Wildman–Crippen MR) is 102 cm³/mol. The highest BCUT2D eigenvalue weighted by Crippen LogP contribution is 2.18. The second-order valence-corrected chi connectivity index (χ2v) is 6.06. The summed E-state index contributed by atoms with van der Waals surface area (Å²) in [5, 5.41) is 2.70. The van der Waals surface area contributed by atoms with Crippen molar-refractivity contribution in [1.82, 2.24) is 9.55 Å². The number of ketones is 1. The van der Waals surface area contributed by atoms with E-state index in [9.17, 15) is 14.0 Å². The molecular formula is C21H18FN3O2. The van der Waals surface area contributed by atoms with Gasteiger partial charge in [0.2, 0.25) is 11.7 Å². The maximum Gasteiger partial charge on any atom is 0.248 e. The number of hydrogen-bond acceptors (Lipinski definition) is 3. The zero-order chi connectivity index (χ0) is 19.4. The molecular weight excluding hydrogens is 345 g/mol. The van der Waals surface area contributed by atoms with Crippen molar-refractivity contribution in [2.45, 2.75) is 6.92 Å². The van der Waals surface area contributed by atoms with Gasteiger partial charge in [-0.25, -0.2) is 9.37 Å². The molecule has 1 N–H and O–H groups in total. The van der Waals surface area contributed by atoms with E-state index < -0.39 is 0 Å². The molecule has 3 rings (SSSR count). The molecule has 0 aliphatic carbocycles. The van der Waals surface area contributed by atoms with Gasteiger partial charge in [0.15, 0.2) is 5.82 Å². The molecule has 0 saturated carbocycles. The molecule has 6 heteroatoms. The molecule has 0 bridgehead atoms. The van der Waals surface area contributed by atoms with E-state index in [1.807, 2.05) is 0 Å². The average molecular weight is 363 g/mol. The van der Waals surface area contributed by atoms with E-state index in [0.717, 1.165) is 0 Å². The van der Waals surface area contributed by atoms with Crippen molar-refractivity contribution in [3.63, 3.8) is 0 Å². The van der Waals surface area contributed by atoms with Gasteiger partial charge in [-0.15, -0.1) is 0 Å². The fourth-order valence-electron chi connectivity index (χ4n) is 2.65. The van der Waals surface area contributed by atoms with Crippen LogP contribution in [-0.2, 0) is 11.8 Å². The number of amides is 1. The van der Waals surface area contributed by atoms with Gasteiger partial charge in [-0.05, 0) is 42.8 Å². The maximum absolute atomic E-state index is 13.8. The first-order valence-corrected chi connectivity index (χ1v) is 8.32. The molecule has 0 atom stereocenters. The van der Waals surface area contributed by atoms with Crippen LogP contribution in [0.15, 0.2) is 67.0 Å². The lowest BCUT2D eigenvalue weighted by atomic mass is 10.1. The largest absolute Gasteiger partial charge is 0.331 e. The number of anilines is 1. The van der Waals surface area contributed by atoms with E-state index in [0.29, 0.717) is 28.2 Å². The summed E-state index contributed by atoms with van der Waals surface area (Å²) in [7, 11) is 1.75. The van der Waals surface area contributed by atoms with Gasteiger partial charge in [-0.2, -0.15) is 0 Å². The van der Waals surface area contributed by atoms with Gasteiger partial charge in [0.05, 0.1) is 0 Å². The van der Waals surface area contributed by atoms with Crippen LogP contribution in [0.25, 0.3) is 5.57 Å². The molecule has 0 fully saturated rings. The monoisotopic (exact) mass is 363 g/mol. The quantitative estimate of drug-likeness (QED) is 0.553. The summed E-state index contributed by atoms with van der Waals surface area (Å²) in [6, 6.07) is 12.8. The van der Waals surface area contributed by atoms with E-state index in [2.05, 4.69) is 10.3 Å². The van der Waals surface area contributed by atoms with Gasteiger partial charge in [0, 0.05) is 42.3 Å². The number of hydrogen-bond donors (Lipinski definition) is 1. The Bertz CT molecular complexity index is 1020. The lowest BCUT2D eigenvalue weighted by Crippen LogP contribution is -2.10. The van der Waals surface area contributed by atoms with Crippen LogP contribution in [-0.4, -0.2) is 21.2 Å². The topological polar surface area (TPSA) is 64.0 Å². The maximum atomic E-state index is 13.8. The highest BCUT2D eigenvalue weighted by Gasteiger charge is 2.13. The van der Waals surface area contributed by atoms with Crippen molar-refractivity contribution in [2.75, 3.05) is 5.32 Å². The number of carbonyl (C=O) groups excluding carboxylic acids is 2. The summed E-state index contributed by atoms with van der Waals surface area (Å²) in [6.07, 6.45) is 4.60. The Morgan fingerprint density at radius 1 is 1.11 bits per heavy atom. The minimum Gasteiger partial charge on any atom is -0.331 e. The van der Waals surface area contributed by atoms with Crippen LogP contribution in [0, 0.1) is 5.82 Å². The molecule has 2 aromatic carbocycles. The van der Waals surface area contributed by atoms with Gasteiger partial charge < -0.3 is 9.88 Å². The molecule has 27 heavy (non-hydrogen) atoms. The molecule has 1 amide bonds. The van der Waals surface area contributed by atoms with Crippen molar-refractivity contribution >= 4 is 23.0 Å². The molecule has 5 nitrogen and oxygen atoms in total. The Morgan fingerprint density at radius 3 is 2.44 bits per heavy atom. The third kappa shape index (κ3) is 4.17. The Morgan fingerprint density at radius 2 is 1.81 bits per heavy atom. The summed E-state index contributed by atoms with van der Waals surface area (Å²) in [6.45, 7) is 1.67. The Balaban J connectivity index is 1.70. The van der Waals surface area contributed by atoms with Crippen LogP contribution < -0.4 is 5.32 Å². The van der Waals surface area contributed by atoms with Crippen LogP contribution in [0.5, 0.6) is 0 Å². The van der Waals surface area contributed by atoms with Gasteiger partial charge in [0.1, 0.15) is 5.82 Å². The highest BCUT2D eigenvalue weighted by atomic mass is 19.1. The number of benzene rings is 2. The van der Waals surface area contributed by atoms with E-state index in [4.69, 9.17) is 0 Å². The lowest BCUT2D eigenvalue weighted by molar-refractivity contribution is -0.111. The molecule has 1 aromatic heterocycles. The Kier molecular flexibility index (Phi) is 5.26. The molecule has 0 saturated heterocycles. The third-order valence-corrected chi connectivity index (χ3v) is 4.09. The summed E-state index contributed by atoms with van der Waals surface area (Å²) in [4.78, 5) is 28.6. The van der Waals surface area contributed by atoms with E-state index in [-0.39, 0.29) is 17.5 Å². The zero-order valence-electron chi connectivity index (χ0n) is 14.9. The van der Waals surface area contributed by atoms with Crippen molar-refractivity contribution in [1.29, 1.82) is 0 Å². The summed E-state index contributed by atoms with van der Waals surface area (Å²) >= 11 is 0. The van der Waals surface area contributed by atoms with Gasteiger partial charge >= 0.3 is 0 Å². The second kappa shape index (κ2) is 7.78. The molecule has 0 aliphatic rings. The minimum absolute atomic E-state index is 0.198.